The quantitative estimate of drug-likeness (QED) is 0.596. The van der Waals surface area contributed by atoms with Crippen molar-refractivity contribution in [3.8, 4) is 0 Å². The Morgan fingerprint density at radius 3 is 2.81 bits per heavy atom. The van der Waals surface area contributed by atoms with E-state index < -0.39 is 0 Å². The van der Waals surface area contributed by atoms with Gasteiger partial charge in [-0.05, 0) is 51.9 Å². The van der Waals surface area contributed by atoms with Crippen LogP contribution in [0.3, 0.4) is 0 Å². The first-order valence-electron chi connectivity index (χ1n) is 7.55. The average molecular weight is 291 g/mol. The molecule has 0 aromatic heterocycles. The molecule has 2 rings (SSSR count). The second kappa shape index (κ2) is 6.80. The van der Waals surface area contributed by atoms with E-state index in [1.165, 1.54) is 12.8 Å². The third-order valence-corrected chi connectivity index (χ3v) is 3.97. The molecular formula is C16H25N3O2. The van der Waals surface area contributed by atoms with E-state index in [0.29, 0.717) is 23.9 Å². The van der Waals surface area contributed by atoms with Gasteiger partial charge in [-0.15, -0.1) is 0 Å². The minimum atomic E-state index is -0.336. The monoisotopic (exact) mass is 291 g/mol. The molecular weight excluding hydrogens is 266 g/mol. The minimum Gasteiger partial charge on any atom is -0.462 e. The van der Waals surface area contributed by atoms with E-state index in [-0.39, 0.29) is 5.97 Å². The second-order valence-corrected chi connectivity index (χ2v) is 5.65. The van der Waals surface area contributed by atoms with Crippen LogP contribution in [0.2, 0.25) is 0 Å². The molecule has 1 aromatic carbocycles. The number of nitrogens with two attached hydrogens (primary N) is 1. The maximum absolute atomic E-state index is 11.6. The highest BCUT2D eigenvalue weighted by Crippen LogP contribution is 2.27. The standard InChI is InChI=1S/C16H25N3O2/c1-4-21-16(20)12-5-8-15(14(17)9-12)18-10-11(2)19(3)13-6-7-13/h5,8-9,11,13,18H,4,6-7,10,17H2,1-3H3. The highest BCUT2D eigenvalue weighted by molar-refractivity contribution is 5.91. The molecule has 1 aliphatic carbocycles. The molecule has 5 heteroatoms. The van der Waals surface area contributed by atoms with Crippen molar-refractivity contribution >= 4 is 17.3 Å². The Labute approximate surface area is 126 Å². The van der Waals surface area contributed by atoms with Gasteiger partial charge in [0.2, 0.25) is 0 Å². The summed E-state index contributed by atoms with van der Waals surface area (Å²) in [5.41, 5.74) is 7.93. The number of carbonyl (C=O) groups is 1. The first kappa shape index (κ1) is 15.6. The van der Waals surface area contributed by atoms with Gasteiger partial charge < -0.3 is 15.8 Å². The topological polar surface area (TPSA) is 67.6 Å². The summed E-state index contributed by atoms with van der Waals surface area (Å²) in [6.45, 7) is 5.18. The molecule has 0 aliphatic heterocycles. The van der Waals surface area contributed by atoms with Gasteiger partial charge in [0.1, 0.15) is 0 Å². The molecule has 1 saturated carbocycles. The van der Waals surface area contributed by atoms with Gasteiger partial charge in [-0.1, -0.05) is 0 Å². The molecule has 0 heterocycles. The van der Waals surface area contributed by atoms with E-state index in [1.807, 2.05) is 6.07 Å². The maximum atomic E-state index is 11.6. The van der Waals surface area contributed by atoms with Crippen molar-refractivity contribution in [2.75, 3.05) is 31.2 Å². The Morgan fingerprint density at radius 1 is 1.52 bits per heavy atom. The molecule has 0 radical (unpaired) electrons. The Hall–Kier alpha value is -1.75. The molecule has 1 unspecified atom stereocenters. The Morgan fingerprint density at radius 2 is 2.24 bits per heavy atom. The van der Waals surface area contributed by atoms with Crippen molar-refractivity contribution in [2.24, 2.45) is 0 Å². The van der Waals surface area contributed by atoms with Crippen LogP contribution >= 0.6 is 0 Å². The normalized spacial score (nSPS) is 15.8. The number of hydrogen-bond donors (Lipinski definition) is 2. The van der Waals surface area contributed by atoms with Gasteiger partial charge in [0.05, 0.1) is 23.5 Å². The zero-order valence-corrected chi connectivity index (χ0v) is 13.1. The fourth-order valence-corrected chi connectivity index (χ4v) is 2.31. The number of nitrogens with zero attached hydrogens (tertiary/aromatic N) is 1. The average Bonchev–Trinajstić information content (AvgIpc) is 3.29. The highest BCUT2D eigenvalue weighted by atomic mass is 16.5. The lowest BCUT2D eigenvalue weighted by molar-refractivity contribution is 0.0526. The van der Waals surface area contributed by atoms with E-state index in [0.717, 1.165) is 18.3 Å². The third kappa shape index (κ3) is 4.11. The number of anilines is 2. The summed E-state index contributed by atoms with van der Waals surface area (Å²) < 4.78 is 4.96. The Bertz CT molecular complexity index is 500. The smallest absolute Gasteiger partial charge is 0.338 e. The van der Waals surface area contributed by atoms with Crippen molar-refractivity contribution in [1.29, 1.82) is 0 Å². The predicted molar refractivity (Wildman–Crippen MR) is 85.5 cm³/mol. The predicted octanol–water partition coefficient (Wildman–Crippen LogP) is 2.34. The summed E-state index contributed by atoms with van der Waals surface area (Å²) in [7, 11) is 2.16. The van der Waals surface area contributed by atoms with Gasteiger partial charge in [-0.3, -0.25) is 4.90 Å². The fraction of sp³-hybridized carbons (Fsp3) is 0.562. The SMILES string of the molecule is CCOC(=O)c1ccc(NCC(C)N(C)C2CC2)c(N)c1. The summed E-state index contributed by atoms with van der Waals surface area (Å²) >= 11 is 0. The molecule has 0 amide bonds. The van der Waals surface area contributed by atoms with Gasteiger partial charge in [0.15, 0.2) is 0 Å². The van der Waals surface area contributed by atoms with Crippen molar-refractivity contribution < 1.29 is 9.53 Å². The number of likely N-dealkylation sites (N-methyl/N-ethyl adjacent to an activating group) is 1. The van der Waals surface area contributed by atoms with E-state index >= 15 is 0 Å². The summed E-state index contributed by atoms with van der Waals surface area (Å²) in [5.74, 6) is -0.336. The van der Waals surface area contributed by atoms with E-state index in [9.17, 15) is 4.79 Å². The number of hydrogen-bond acceptors (Lipinski definition) is 5. The lowest BCUT2D eigenvalue weighted by Crippen LogP contribution is -2.36. The van der Waals surface area contributed by atoms with E-state index in [1.54, 1.807) is 19.1 Å². The zero-order valence-electron chi connectivity index (χ0n) is 13.1. The number of nitrogen functional groups attached to an aromatic ring is 1. The Kier molecular flexibility index (Phi) is 5.07. The van der Waals surface area contributed by atoms with E-state index in [4.69, 9.17) is 10.5 Å². The van der Waals surface area contributed by atoms with Crippen molar-refractivity contribution in [3.05, 3.63) is 23.8 Å². The van der Waals surface area contributed by atoms with Crippen LogP contribution in [0.15, 0.2) is 18.2 Å². The van der Waals surface area contributed by atoms with Gasteiger partial charge in [-0.2, -0.15) is 0 Å². The molecule has 1 atom stereocenters. The lowest BCUT2D eigenvalue weighted by atomic mass is 10.1. The van der Waals surface area contributed by atoms with Crippen LogP contribution < -0.4 is 11.1 Å². The molecule has 1 aromatic rings. The summed E-state index contributed by atoms with van der Waals surface area (Å²) in [5, 5.41) is 3.36. The van der Waals surface area contributed by atoms with Gasteiger partial charge >= 0.3 is 5.97 Å². The first-order valence-corrected chi connectivity index (χ1v) is 7.55. The van der Waals surface area contributed by atoms with Crippen molar-refractivity contribution in [1.82, 2.24) is 4.90 Å². The van der Waals surface area contributed by atoms with Crippen molar-refractivity contribution in [3.63, 3.8) is 0 Å². The number of rotatable bonds is 7. The first-order chi connectivity index (χ1) is 10.0. The van der Waals surface area contributed by atoms with Crippen LogP contribution in [0, 0.1) is 0 Å². The van der Waals surface area contributed by atoms with Crippen LogP contribution in [0.1, 0.15) is 37.0 Å². The zero-order chi connectivity index (χ0) is 15.4. The molecule has 0 saturated heterocycles. The number of ether oxygens (including phenoxy) is 1. The van der Waals surface area contributed by atoms with Crippen LogP contribution in [0.5, 0.6) is 0 Å². The van der Waals surface area contributed by atoms with Crippen LogP contribution in [0.25, 0.3) is 0 Å². The van der Waals surface area contributed by atoms with Crippen LogP contribution in [-0.2, 0) is 4.74 Å². The highest BCUT2D eigenvalue weighted by Gasteiger charge is 2.28. The maximum Gasteiger partial charge on any atom is 0.338 e. The van der Waals surface area contributed by atoms with Crippen LogP contribution in [0.4, 0.5) is 11.4 Å². The fourth-order valence-electron chi connectivity index (χ4n) is 2.31. The molecule has 3 N–H and O–H groups in total. The molecule has 0 bridgehead atoms. The number of benzene rings is 1. The summed E-state index contributed by atoms with van der Waals surface area (Å²) in [6, 6.07) is 6.43. The number of carbonyl (C=O) groups excluding carboxylic acids is 1. The summed E-state index contributed by atoms with van der Waals surface area (Å²) in [4.78, 5) is 14.0. The molecule has 1 aliphatic rings. The van der Waals surface area contributed by atoms with Gasteiger partial charge in [0, 0.05) is 18.6 Å². The molecule has 116 valence electrons. The number of esters is 1. The summed E-state index contributed by atoms with van der Waals surface area (Å²) in [6.07, 6.45) is 2.61. The number of nitrogens with one attached hydrogen (secondary N) is 1. The van der Waals surface area contributed by atoms with Crippen LogP contribution in [-0.4, -0.2) is 43.2 Å². The van der Waals surface area contributed by atoms with Gasteiger partial charge in [0.25, 0.3) is 0 Å². The minimum absolute atomic E-state index is 0.336. The van der Waals surface area contributed by atoms with E-state index in [2.05, 4.69) is 24.2 Å². The third-order valence-electron chi connectivity index (χ3n) is 3.97. The lowest BCUT2D eigenvalue weighted by Gasteiger charge is -2.25. The molecule has 5 nitrogen and oxygen atoms in total. The largest absolute Gasteiger partial charge is 0.462 e. The molecule has 21 heavy (non-hydrogen) atoms. The van der Waals surface area contributed by atoms with Gasteiger partial charge in [-0.25, -0.2) is 4.79 Å². The Balaban J connectivity index is 1.92. The van der Waals surface area contributed by atoms with Crippen molar-refractivity contribution in [2.45, 2.75) is 38.8 Å². The second-order valence-electron chi connectivity index (χ2n) is 5.65. The molecule has 1 fully saturated rings. The molecule has 0 spiro atoms.